The van der Waals surface area contributed by atoms with Crippen LogP contribution in [0.4, 0.5) is 5.69 Å². The molecule has 2 aromatic rings. The van der Waals surface area contributed by atoms with Gasteiger partial charge in [0.05, 0.1) is 17.9 Å². The van der Waals surface area contributed by atoms with E-state index >= 15 is 0 Å². The van der Waals surface area contributed by atoms with Gasteiger partial charge in [-0.3, -0.25) is 9.59 Å². The number of nitrogens with zero attached hydrogens (tertiary/aromatic N) is 1. The van der Waals surface area contributed by atoms with E-state index in [9.17, 15) is 18.0 Å². The lowest BCUT2D eigenvalue weighted by atomic mass is 10.1. The number of amides is 2. The third kappa shape index (κ3) is 6.17. The standard InChI is InChI=1S/C20H25N3O4S/c1-3-12-23(14-19(24)22-18-7-5-4-6-15(18)2)20(25)13-16-8-10-17(11-9-16)28(21,26)27/h4-11H,3,12-14H2,1-2H3,(H,22,24)(H2,21,26,27). The number of carbonyl (C=O) groups excluding carboxylic acids is 2. The van der Waals surface area contributed by atoms with E-state index in [2.05, 4.69) is 5.32 Å². The van der Waals surface area contributed by atoms with E-state index in [1.165, 1.54) is 17.0 Å². The molecule has 2 amide bonds. The van der Waals surface area contributed by atoms with Gasteiger partial charge in [0.1, 0.15) is 0 Å². The number of primary sulfonamides is 1. The van der Waals surface area contributed by atoms with Gasteiger partial charge in [-0.2, -0.15) is 0 Å². The van der Waals surface area contributed by atoms with Crippen molar-refractivity contribution in [2.45, 2.75) is 31.6 Å². The van der Waals surface area contributed by atoms with E-state index in [-0.39, 0.29) is 29.7 Å². The van der Waals surface area contributed by atoms with Gasteiger partial charge in [-0.05, 0) is 42.7 Å². The van der Waals surface area contributed by atoms with Crippen LogP contribution in [0.3, 0.4) is 0 Å². The minimum Gasteiger partial charge on any atom is -0.333 e. The van der Waals surface area contributed by atoms with Crippen molar-refractivity contribution in [3.05, 3.63) is 59.7 Å². The molecule has 0 aliphatic heterocycles. The molecule has 0 aliphatic rings. The van der Waals surface area contributed by atoms with Crippen LogP contribution in [-0.4, -0.2) is 38.2 Å². The van der Waals surface area contributed by atoms with Crippen molar-refractivity contribution in [2.75, 3.05) is 18.4 Å². The average molecular weight is 404 g/mol. The van der Waals surface area contributed by atoms with Crippen molar-refractivity contribution in [2.24, 2.45) is 5.14 Å². The number of benzene rings is 2. The molecule has 8 heteroatoms. The molecule has 0 unspecified atom stereocenters. The number of nitrogens with two attached hydrogens (primary N) is 1. The second-order valence-corrected chi connectivity index (χ2v) is 8.11. The molecule has 150 valence electrons. The summed E-state index contributed by atoms with van der Waals surface area (Å²) < 4.78 is 22.6. The van der Waals surface area contributed by atoms with Gasteiger partial charge in [0.15, 0.2) is 0 Å². The van der Waals surface area contributed by atoms with Crippen molar-refractivity contribution >= 4 is 27.5 Å². The van der Waals surface area contributed by atoms with Crippen LogP contribution < -0.4 is 10.5 Å². The molecule has 28 heavy (non-hydrogen) atoms. The highest BCUT2D eigenvalue weighted by Crippen LogP contribution is 2.14. The van der Waals surface area contributed by atoms with Crippen LogP contribution in [0.2, 0.25) is 0 Å². The molecule has 7 nitrogen and oxygen atoms in total. The van der Waals surface area contributed by atoms with E-state index < -0.39 is 10.0 Å². The first-order chi connectivity index (χ1) is 13.2. The second kappa shape index (κ2) is 9.48. The maximum Gasteiger partial charge on any atom is 0.244 e. The average Bonchev–Trinajstić information content (AvgIpc) is 2.63. The number of carbonyl (C=O) groups is 2. The maximum atomic E-state index is 12.6. The van der Waals surface area contributed by atoms with Gasteiger partial charge in [-0.15, -0.1) is 0 Å². The van der Waals surface area contributed by atoms with E-state index in [0.29, 0.717) is 18.5 Å². The van der Waals surface area contributed by atoms with Crippen LogP contribution in [-0.2, 0) is 26.0 Å². The first kappa shape index (κ1) is 21.6. The van der Waals surface area contributed by atoms with Gasteiger partial charge in [0.25, 0.3) is 0 Å². The molecule has 2 rings (SSSR count). The highest BCUT2D eigenvalue weighted by Gasteiger charge is 2.18. The molecule has 0 atom stereocenters. The fourth-order valence-electron chi connectivity index (χ4n) is 2.72. The third-order valence-corrected chi connectivity index (χ3v) is 5.14. The number of rotatable bonds is 8. The smallest absolute Gasteiger partial charge is 0.244 e. The summed E-state index contributed by atoms with van der Waals surface area (Å²) in [4.78, 5) is 26.5. The van der Waals surface area contributed by atoms with Gasteiger partial charge in [0, 0.05) is 12.2 Å². The summed E-state index contributed by atoms with van der Waals surface area (Å²) in [6.07, 6.45) is 0.788. The van der Waals surface area contributed by atoms with Gasteiger partial charge >= 0.3 is 0 Å². The van der Waals surface area contributed by atoms with Crippen LogP contribution in [0.1, 0.15) is 24.5 Å². The number of para-hydroxylation sites is 1. The zero-order valence-electron chi connectivity index (χ0n) is 16.0. The molecule has 2 aromatic carbocycles. The summed E-state index contributed by atoms with van der Waals surface area (Å²) in [5.74, 6) is -0.467. The quantitative estimate of drug-likeness (QED) is 0.703. The predicted molar refractivity (Wildman–Crippen MR) is 108 cm³/mol. The molecule has 0 saturated heterocycles. The Labute approximate surface area is 165 Å². The molecule has 0 fully saturated rings. The van der Waals surface area contributed by atoms with Crippen LogP contribution >= 0.6 is 0 Å². The number of hydrogen-bond acceptors (Lipinski definition) is 4. The first-order valence-electron chi connectivity index (χ1n) is 8.95. The molecule has 0 spiro atoms. The normalized spacial score (nSPS) is 11.1. The molecule has 3 N–H and O–H groups in total. The van der Waals surface area contributed by atoms with E-state index in [1.54, 1.807) is 12.1 Å². The molecular formula is C20H25N3O4S. The summed E-state index contributed by atoms with van der Waals surface area (Å²) >= 11 is 0. The Morgan fingerprint density at radius 3 is 2.29 bits per heavy atom. The van der Waals surface area contributed by atoms with E-state index in [0.717, 1.165) is 11.3 Å². The number of hydrogen-bond donors (Lipinski definition) is 2. The van der Waals surface area contributed by atoms with Crippen LogP contribution in [0.25, 0.3) is 0 Å². The minimum atomic E-state index is -3.77. The van der Waals surface area contributed by atoms with E-state index in [1.807, 2.05) is 38.1 Å². The summed E-state index contributed by atoms with van der Waals surface area (Å²) in [7, 11) is -3.77. The Morgan fingerprint density at radius 1 is 1.07 bits per heavy atom. The van der Waals surface area contributed by atoms with Crippen molar-refractivity contribution in [1.29, 1.82) is 0 Å². The molecule has 0 saturated carbocycles. The first-order valence-corrected chi connectivity index (χ1v) is 10.5. The molecule has 0 aromatic heterocycles. The number of aryl methyl sites for hydroxylation is 1. The predicted octanol–water partition coefficient (Wildman–Crippen LogP) is 2.06. The Bertz CT molecular complexity index is 940. The van der Waals surface area contributed by atoms with Crippen molar-refractivity contribution in [1.82, 2.24) is 4.90 Å². The van der Waals surface area contributed by atoms with E-state index in [4.69, 9.17) is 5.14 Å². The lowest BCUT2D eigenvalue weighted by Gasteiger charge is -2.22. The Morgan fingerprint density at radius 2 is 1.71 bits per heavy atom. The van der Waals surface area contributed by atoms with Crippen LogP contribution in [0.15, 0.2) is 53.4 Å². The minimum absolute atomic E-state index is 0.00766. The number of nitrogens with one attached hydrogen (secondary N) is 1. The van der Waals surface area contributed by atoms with Gasteiger partial charge in [0.2, 0.25) is 21.8 Å². The molecule has 0 aliphatic carbocycles. The number of anilines is 1. The van der Waals surface area contributed by atoms with Crippen molar-refractivity contribution < 1.29 is 18.0 Å². The van der Waals surface area contributed by atoms with Crippen LogP contribution in [0.5, 0.6) is 0 Å². The van der Waals surface area contributed by atoms with Gasteiger partial charge < -0.3 is 10.2 Å². The highest BCUT2D eigenvalue weighted by molar-refractivity contribution is 7.89. The van der Waals surface area contributed by atoms with Gasteiger partial charge in [-0.1, -0.05) is 37.3 Å². The zero-order chi connectivity index (χ0) is 20.7. The van der Waals surface area contributed by atoms with Gasteiger partial charge in [-0.25, -0.2) is 13.6 Å². The maximum absolute atomic E-state index is 12.6. The lowest BCUT2D eigenvalue weighted by Crippen LogP contribution is -2.39. The highest BCUT2D eigenvalue weighted by atomic mass is 32.2. The molecular weight excluding hydrogens is 378 g/mol. The fourth-order valence-corrected chi connectivity index (χ4v) is 3.24. The summed E-state index contributed by atoms with van der Waals surface area (Å²) in [6.45, 7) is 4.24. The molecule has 0 heterocycles. The zero-order valence-corrected chi connectivity index (χ0v) is 16.8. The second-order valence-electron chi connectivity index (χ2n) is 6.54. The molecule has 0 radical (unpaired) electrons. The lowest BCUT2D eigenvalue weighted by molar-refractivity contribution is -0.134. The number of sulfonamides is 1. The SMILES string of the molecule is CCCN(CC(=O)Nc1ccccc1C)C(=O)Cc1ccc(S(N)(=O)=O)cc1. The summed E-state index contributed by atoms with van der Waals surface area (Å²) in [5.41, 5.74) is 2.31. The summed E-state index contributed by atoms with van der Waals surface area (Å²) in [5, 5.41) is 7.91. The monoisotopic (exact) mass is 403 g/mol. The van der Waals surface area contributed by atoms with Crippen molar-refractivity contribution in [3.63, 3.8) is 0 Å². The fraction of sp³-hybridized carbons (Fsp3) is 0.300. The third-order valence-electron chi connectivity index (χ3n) is 4.21. The Balaban J connectivity index is 2.03. The summed E-state index contributed by atoms with van der Waals surface area (Å²) in [6, 6.07) is 13.3. The Hall–Kier alpha value is -2.71. The van der Waals surface area contributed by atoms with Crippen molar-refractivity contribution in [3.8, 4) is 0 Å². The molecule has 0 bridgehead atoms. The largest absolute Gasteiger partial charge is 0.333 e. The van der Waals surface area contributed by atoms with Crippen LogP contribution in [0, 0.1) is 6.92 Å². The topological polar surface area (TPSA) is 110 Å². The Kier molecular flexibility index (Phi) is 7.31.